The molecule has 0 atom stereocenters. The van der Waals surface area contributed by atoms with Gasteiger partial charge in [0, 0.05) is 13.2 Å². The van der Waals surface area contributed by atoms with E-state index in [9.17, 15) is 0 Å². The van der Waals surface area contributed by atoms with E-state index >= 15 is 0 Å². The van der Waals surface area contributed by atoms with Crippen LogP contribution in [0.25, 0.3) is 0 Å². The second kappa shape index (κ2) is 7.27. The topological polar surface area (TPSA) is 12.5 Å². The zero-order valence-electron chi connectivity index (χ0n) is 12.5. The Kier molecular flexibility index (Phi) is 5.39. The number of likely N-dealkylation sites (N-methyl/N-ethyl adjacent to an activating group) is 1. The predicted octanol–water partition coefficient (Wildman–Crippen LogP) is 1.68. The molecule has 0 aromatic heterocycles. The van der Waals surface area contributed by atoms with E-state index in [2.05, 4.69) is 74.4 Å². The molecule has 0 aliphatic heterocycles. The summed E-state index contributed by atoms with van der Waals surface area (Å²) in [5.74, 6) is 0. The van der Waals surface area contributed by atoms with Gasteiger partial charge < -0.3 is 9.55 Å². The summed E-state index contributed by atoms with van der Waals surface area (Å²) in [5, 5.41) is 0. The van der Waals surface area contributed by atoms with Crippen molar-refractivity contribution in [1.82, 2.24) is 4.90 Å². The van der Waals surface area contributed by atoms with Crippen LogP contribution in [0.4, 0.5) is 0 Å². The Morgan fingerprint density at radius 1 is 0.950 bits per heavy atom. The van der Waals surface area contributed by atoms with Crippen molar-refractivity contribution in [3.05, 3.63) is 60.2 Å². The lowest BCUT2D eigenvalue weighted by atomic mass is 9.55. The fourth-order valence-electron chi connectivity index (χ4n) is 2.20. The molecule has 0 heterocycles. The number of hydrogen-bond donors (Lipinski definition) is 0. The summed E-state index contributed by atoms with van der Waals surface area (Å²) in [6.07, 6.45) is 0. The fourth-order valence-corrected chi connectivity index (χ4v) is 2.20. The Balaban J connectivity index is 2.20. The molecule has 0 aliphatic rings. The second-order valence-electron chi connectivity index (χ2n) is 5.38. The number of hydrogen-bond acceptors (Lipinski definition) is 2. The molecule has 0 bridgehead atoms. The molecular formula is C17H22BNO. The molecule has 104 valence electrons. The van der Waals surface area contributed by atoms with E-state index in [1.807, 2.05) is 6.07 Å². The molecule has 2 aromatic carbocycles. The lowest BCUT2D eigenvalue weighted by Crippen LogP contribution is -2.46. The number of aryl methyl sites for hydroxylation is 1. The minimum Gasteiger partial charge on any atom is -0.426 e. The third-order valence-electron chi connectivity index (χ3n) is 3.27. The van der Waals surface area contributed by atoms with Crippen molar-refractivity contribution in [3.8, 4) is 0 Å². The van der Waals surface area contributed by atoms with Crippen LogP contribution in [0.3, 0.4) is 0 Å². The highest BCUT2D eigenvalue weighted by Gasteiger charge is 2.21. The van der Waals surface area contributed by atoms with E-state index in [1.165, 1.54) is 16.5 Å². The molecule has 0 radical (unpaired) electrons. The Morgan fingerprint density at radius 3 is 2.30 bits per heavy atom. The molecule has 2 aromatic rings. The van der Waals surface area contributed by atoms with Gasteiger partial charge in [-0.05, 0) is 31.9 Å². The molecule has 0 amide bonds. The van der Waals surface area contributed by atoms with Crippen molar-refractivity contribution in [3.63, 3.8) is 0 Å². The number of benzene rings is 2. The van der Waals surface area contributed by atoms with E-state index in [4.69, 9.17) is 4.65 Å². The van der Waals surface area contributed by atoms with Crippen LogP contribution in [0.5, 0.6) is 0 Å². The number of rotatable bonds is 6. The molecule has 0 saturated carbocycles. The van der Waals surface area contributed by atoms with Gasteiger partial charge in [-0.25, -0.2) is 0 Å². The number of nitrogens with zero attached hydrogens (tertiary/aromatic N) is 1. The molecule has 3 heteroatoms. The van der Waals surface area contributed by atoms with Crippen molar-refractivity contribution in [2.45, 2.75) is 6.92 Å². The van der Waals surface area contributed by atoms with Gasteiger partial charge >= 0.3 is 6.92 Å². The summed E-state index contributed by atoms with van der Waals surface area (Å²) in [7, 11) is 4.13. The van der Waals surface area contributed by atoms with Crippen LogP contribution in [0.1, 0.15) is 5.56 Å². The molecule has 0 N–H and O–H groups in total. The van der Waals surface area contributed by atoms with E-state index in [0.29, 0.717) is 0 Å². The van der Waals surface area contributed by atoms with Gasteiger partial charge in [-0.3, -0.25) is 0 Å². The van der Waals surface area contributed by atoms with E-state index in [0.717, 1.165) is 13.2 Å². The monoisotopic (exact) mass is 267 g/mol. The van der Waals surface area contributed by atoms with Crippen LogP contribution in [0.2, 0.25) is 0 Å². The zero-order valence-corrected chi connectivity index (χ0v) is 12.5. The highest BCUT2D eigenvalue weighted by Crippen LogP contribution is 1.98. The van der Waals surface area contributed by atoms with Gasteiger partial charge in [-0.1, -0.05) is 60.2 Å². The van der Waals surface area contributed by atoms with Crippen LogP contribution < -0.4 is 10.9 Å². The summed E-state index contributed by atoms with van der Waals surface area (Å²) in [4.78, 5) is 2.14. The summed E-state index contributed by atoms with van der Waals surface area (Å²) in [6.45, 7) is 3.78. The third-order valence-corrected chi connectivity index (χ3v) is 3.27. The van der Waals surface area contributed by atoms with E-state index in [-0.39, 0.29) is 6.92 Å². The SMILES string of the molecule is Cc1cccc(B(OCCN(C)C)c2ccccc2)c1. The molecule has 0 fully saturated rings. The first-order chi connectivity index (χ1) is 9.66. The first-order valence-corrected chi connectivity index (χ1v) is 7.04. The summed E-state index contributed by atoms with van der Waals surface area (Å²) in [6, 6.07) is 19.0. The maximum atomic E-state index is 6.14. The summed E-state index contributed by atoms with van der Waals surface area (Å²) >= 11 is 0. The van der Waals surface area contributed by atoms with Crippen molar-refractivity contribution in [1.29, 1.82) is 0 Å². The standard InChI is InChI=1S/C17H22BNO/c1-15-8-7-11-17(14-15)18(20-13-12-19(2)3)16-9-5-4-6-10-16/h4-11,14H,12-13H2,1-3H3. The van der Waals surface area contributed by atoms with Crippen molar-refractivity contribution in [2.24, 2.45) is 0 Å². The molecule has 20 heavy (non-hydrogen) atoms. The average Bonchev–Trinajstić information content (AvgIpc) is 2.44. The quantitative estimate of drug-likeness (QED) is 0.738. The van der Waals surface area contributed by atoms with Crippen LogP contribution in [0.15, 0.2) is 54.6 Å². The summed E-state index contributed by atoms with van der Waals surface area (Å²) < 4.78 is 6.14. The third kappa shape index (κ3) is 4.22. The van der Waals surface area contributed by atoms with Gasteiger partial charge in [0.2, 0.25) is 0 Å². The van der Waals surface area contributed by atoms with Crippen molar-refractivity contribution >= 4 is 17.8 Å². The predicted molar refractivity (Wildman–Crippen MR) is 87.1 cm³/mol. The Morgan fingerprint density at radius 2 is 1.65 bits per heavy atom. The van der Waals surface area contributed by atoms with Gasteiger partial charge in [0.05, 0.1) is 0 Å². The van der Waals surface area contributed by atoms with Crippen LogP contribution in [-0.4, -0.2) is 39.1 Å². The molecule has 0 unspecified atom stereocenters. The normalized spacial score (nSPS) is 10.8. The van der Waals surface area contributed by atoms with Crippen LogP contribution in [0, 0.1) is 6.92 Å². The maximum Gasteiger partial charge on any atom is 0.361 e. The van der Waals surface area contributed by atoms with Gasteiger partial charge in [0.25, 0.3) is 0 Å². The Bertz CT molecular complexity index is 528. The molecule has 0 saturated heterocycles. The zero-order chi connectivity index (χ0) is 14.4. The minimum atomic E-state index is 0.0102. The van der Waals surface area contributed by atoms with Crippen LogP contribution in [-0.2, 0) is 4.65 Å². The lowest BCUT2D eigenvalue weighted by Gasteiger charge is -2.17. The first kappa shape index (κ1) is 14.8. The minimum absolute atomic E-state index is 0.0102. The second-order valence-corrected chi connectivity index (χ2v) is 5.38. The van der Waals surface area contributed by atoms with Gasteiger partial charge in [-0.2, -0.15) is 0 Å². The lowest BCUT2D eigenvalue weighted by molar-refractivity contribution is 0.269. The van der Waals surface area contributed by atoms with Crippen molar-refractivity contribution in [2.75, 3.05) is 27.2 Å². The molecule has 2 nitrogen and oxygen atoms in total. The summed E-state index contributed by atoms with van der Waals surface area (Å²) in [5.41, 5.74) is 3.69. The van der Waals surface area contributed by atoms with Crippen molar-refractivity contribution < 1.29 is 4.65 Å². The van der Waals surface area contributed by atoms with Crippen LogP contribution >= 0.6 is 0 Å². The Labute approximate surface area is 122 Å². The largest absolute Gasteiger partial charge is 0.426 e. The average molecular weight is 267 g/mol. The first-order valence-electron chi connectivity index (χ1n) is 7.04. The Hall–Kier alpha value is -1.58. The molecular weight excluding hydrogens is 245 g/mol. The molecule has 0 aliphatic carbocycles. The highest BCUT2D eigenvalue weighted by atomic mass is 16.4. The van der Waals surface area contributed by atoms with Gasteiger partial charge in [0.1, 0.15) is 0 Å². The highest BCUT2D eigenvalue weighted by molar-refractivity contribution is 6.80. The smallest absolute Gasteiger partial charge is 0.361 e. The van der Waals surface area contributed by atoms with Gasteiger partial charge in [-0.15, -0.1) is 0 Å². The maximum absolute atomic E-state index is 6.14. The van der Waals surface area contributed by atoms with E-state index in [1.54, 1.807) is 0 Å². The van der Waals surface area contributed by atoms with Gasteiger partial charge in [0.15, 0.2) is 0 Å². The molecule has 2 rings (SSSR count). The molecule has 0 spiro atoms. The fraction of sp³-hybridized carbons (Fsp3) is 0.294. The van der Waals surface area contributed by atoms with E-state index < -0.39 is 0 Å².